The van der Waals surface area contributed by atoms with Gasteiger partial charge in [-0.2, -0.15) is 0 Å². The number of sulfone groups is 1. The van der Waals surface area contributed by atoms with E-state index in [1.54, 1.807) is 6.26 Å². The van der Waals surface area contributed by atoms with Crippen LogP contribution in [0.3, 0.4) is 0 Å². The molecule has 1 aromatic carbocycles. The van der Waals surface area contributed by atoms with Gasteiger partial charge < -0.3 is 9.73 Å². The van der Waals surface area contributed by atoms with E-state index in [1.165, 1.54) is 24.3 Å². The zero-order valence-corrected chi connectivity index (χ0v) is 15.5. The molecule has 0 fully saturated rings. The molecular formula is C18H24N2O4S. The molecule has 7 heteroatoms. The summed E-state index contributed by atoms with van der Waals surface area (Å²) >= 11 is 0. The molecule has 0 aliphatic heterocycles. The van der Waals surface area contributed by atoms with Gasteiger partial charge in [-0.15, -0.1) is 0 Å². The lowest BCUT2D eigenvalue weighted by molar-refractivity contribution is 0.0929. The van der Waals surface area contributed by atoms with Gasteiger partial charge in [-0.1, -0.05) is 13.8 Å². The van der Waals surface area contributed by atoms with Crippen LogP contribution in [0.1, 0.15) is 36.0 Å². The molecule has 1 amide bonds. The van der Waals surface area contributed by atoms with Crippen LogP contribution in [-0.4, -0.2) is 45.1 Å². The number of rotatable bonds is 8. The zero-order valence-electron chi connectivity index (χ0n) is 14.7. The van der Waals surface area contributed by atoms with E-state index in [1.807, 2.05) is 12.1 Å². The Morgan fingerprint density at radius 1 is 1.16 bits per heavy atom. The number of amides is 1. The minimum Gasteiger partial charge on any atom is -0.468 e. The van der Waals surface area contributed by atoms with Crippen LogP contribution in [0.2, 0.25) is 0 Å². The van der Waals surface area contributed by atoms with Crippen molar-refractivity contribution in [1.29, 1.82) is 0 Å². The predicted octanol–water partition coefficient (Wildman–Crippen LogP) is 2.50. The van der Waals surface area contributed by atoms with Crippen LogP contribution in [0.5, 0.6) is 0 Å². The fourth-order valence-corrected chi connectivity index (χ4v) is 3.33. The van der Waals surface area contributed by atoms with Crippen LogP contribution in [0.15, 0.2) is 52.0 Å². The van der Waals surface area contributed by atoms with Gasteiger partial charge >= 0.3 is 0 Å². The van der Waals surface area contributed by atoms with Crippen LogP contribution < -0.4 is 5.32 Å². The summed E-state index contributed by atoms with van der Waals surface area (Å²) in [7, 11) is -3.27. The highest BCUT2D eigenvalue weighted by atomic mass is 32.2. The van der Waals surface area contributed by atoms with E-state index < -0.39 is 9.84 Å². The Labute approximate surface area is 148 Å². The number of benzene rings is 1. The van der Waals surface area contributed by atoms with Gasteiger partial charge in [0.25, 0.3) is 5.91 Å². The van der Waals surface area contributed by atoms with Gasteiger partial charge in [0.05, 0.1) is 17.2 Å². The average molecular weight is 364 g/mol. The monoisotopic (exact) mass is 364 g/mol. The fourth-order valence-electron chi connectivity index (χ4n) is 2.70. The summed E-state index contributed by atoms with van der Waals surface area (Å²) in [6, 6.07) is 9.60. The number of hydrogen-bond donors (Lipinski definition) is 1. The second-order valence-electron chi connectivity index (χ2n) is 5.76. The first-order valence-electron chi connectivity index (χ1n) is 8.22. The van der Waals surface area contributed by atoms with Gasteiger partial charge in [0.1, 0.15) is 5.76 Å². The van der Waals surface area contributed by atoms with Crippen molar-refractivity contribution in [3.05, 3.63) is 54.0 Å². The Morgan fingerprint density at radius 2 is 1.80 bits per heavy atom. The van der Waals surface area contributed by atoms with Crippen molar-refractivity contribution in [2.75, 3.05) is 25.9 Å². The van der Waals surface area contributed by atoms with Crippen molar-refractivity contribution < 1.29 is 17.6 Å². The number of nitrogens with one attached hydrogen (secondary N) is 1. The topological polar surface area (TPSA) is 79.6 Å². The van der Waals surface area contributed by atoms with E-state index >= 15 is 0 Å². The Bertz CT molecular complexity index is 779. The van der Waals surface area contributed by atoms with Crippen LogP contribution in [-0.2, 0) is 9.84 Å². The number of carbonyl (C=O) groups is 1. The third-order valence-electron chi connectivity index (χ3n) is 4.13. The van der Waals surface area contributed by atoms with E-state index in [0.717, 1.165) is 25.1 Å². The molecule has 1 heterocycles. The predicted molar refractivity (Wildman–Crippen MR) is 96.3 cm³/mol. The maximum Gasteiger partial charge on any atom is 0.251 e. The van der Waals surface area contributed by atoms with E-state index in [0.29, 0.717) is 12.1 Å². The average Bonchev–Trinajstić information content (AvgIpc) is 3.12. The quantitative estimate of drug-likeness (QED) is 0.778. The molecule has 0 radical (unpaired) electrons. The van der Waals surface area contributed by atoms with E-state index in [4.69, 9.17) is 4.42 Å². The van der Waals surface area contributed by atoms with Gasteiger partial charge in [0.2, 0.25) is 0 Å². The molecule has 136 valence electrons. The first-order chi connectivity index (χ1) is 11.9. The third kappa shape index (κ3) is 4.93. The van der Waals surface area contributed by atoms with Crippen LogP contribution in [0, 0.1) is 0 Å². The fraction of sp³-hybridized carbons (Fsp3) is 0.389. The van der Waals surface area contributed by atoms with Gasteiger partial charge in [-0.05, 0) is 49.5 Å². The van der Waals surface area contributed by atoms with Crippen LogP contribution in [0.25, 0.3) is 0 Å². The van der Waals surface area contributed by atoms with Crippen molar-refractivity contribution in [2.24, 2.45) is 0 Å². The van der Waals surface area contributed by atoms with Gasteiger partial charge in [-0.3, -0.25) is 9.69 Å². The molecule has 0 saturated carbocycles. The first kappa shape index (κ1) is 19.2. The van der Waals surface area contributed by atoms with Gasteiger partial charge in [-0.25, -0.2) is 8.42 Å². The molecule has 6 nitrogen and oxygen atoms in total. The first-order valence-corrected chi connectivity index (χ1v) is 10.1. The summed E-state index contributed by atoms with van der Waals surface area (Å²) in [5.41, 5.74) is 0.421. The smallest absolute Gasteiger partial charge is 0.251 e. The SMILES string of the molecule is CCN(CC)C(CNC(=O)c1ccc(S(C)(=O)=O)cc1)c1ccco1. The molecule has 1 N–H and O–H groups in total. The van der Waals surface area contributed by atoms with Gasteiger partial charge in [0.15, 0.2) is 9.84 Å². The second kappa shape index (κ2) is 8.31. The normalized spacial score (nSPS) is 13.0. The minimum atomic E-state index is -3.27. The van der Waals surface area contributed by atoms with Crippen molar-refractivity contribution >= 4 is 15.7 Å². The third-order valence-corrected chi connectivity index (χ3v) is 5.25. The minimum absolute atomic E-state index is 0.0516. The number of furan rings is 1. The van der Waals surface area contributed by atoms with Crippen molar-refractivity contribution in [2.45, 2.75) is 24.8 Å². The van der Waals surface area contributed by atoms with E-state index in [9.17, 15) is 13.2 Å². The molecule has 0 bridgehead atoms. The highest BCUT2D eigenvalue weighted by molar-refractivity contribution is 7.90. The number of likely N-dealkylation sites (N-methyl/N-ethyl adjacent to an activating group) is 1. The highest BCUT2D eigenvalue weighted by Gasteiger charge is 2.21. The molecule has 25 heavy (non-hydrogen) atoms. The molecule has 0 spiro atoms. The standard InChI is InChI=1S/C18H24N2O4S/c1-4-20(5-2)16(17-7-6-12-24-17)13-19-18(21)14-8-10-15(11-9-14)25(3,22)23/h6-12,16H,4-5,13H2,1-3H3,(H,19,21). The van der Waals surface area contributed by atoms with Crippen molar-refractivity contribution in [1.82, 2.24) is 10.2 Å². The molecule has 1 atom stereocenters. The van der Waals surface area contributed by atoms with Gasteiger partial charge in [0, 0.05) is 18.4 Å². The summed E-state index contributed by atoms with van der Waals surface area (Å²) in [5.74, 6) is 0.556. The Hall–Kier alpha value is -2.12. The molecule has 2 aromatic rings. The van der Waals surface area contributed by atoms with Crippen molar-refractivity contribution in [3.8, 4) is 0 Å². The summed E-state index contributed by atoms with van der Waals surface area (Å²) in [4.78, 5) is 14.8. The molecular weight excluding hydrogens is 340 g/mol. The lowest BCUT2D eigenvalue weighted by Gasteiger charge is -2.28. The summed E-state index contributed by atoms with van der Waals surface area (Å²) in [6.45, 7) is 6.19. The number of hydrogen-bond acceptors (Lipinski definition) is 5. The van der Waals surface area contributed by atoms with E-state index in [-0.39, 0.29) is 16.8 Å². The molecule has 1 unspecified atom stereocenters. The highest BCUT2D eigenvalue weighted by Crippen LogP contribution is 2.20. The maximum atomic E-state index is 12.4. The number of nitrogens with zero attached hydrogens (tertiary/aromatic N) is 1. The van der Waals surface area contributed by atoms with Crippen molar-refractivity contribution in [3.63, 3.8) is 0 Å². The summed E-state index contributed by atoms with van der Waals surface area (Å²) in [5, 5.41) is 2.90. The molecule has 0 aliphatic rings. The Morgan fingerprint density at radius 3 is 2.28 bits per heavy atom. The molecule has 0 aliphatic carbocycles. The molecule has 0 saturated heterocycles. The maximum absolute atomic E-state index is 12.4. The van der Waals surface area contributed by atoms with E-state index in [2.05, 4.69) is 24.1 Å². The lowest BCUT2D eigenvalue weighted by atomic mass is 10.1. The van der Waals surface area contributed by atoms with Crippen LogP contribution in [0.4, 0.5) is 0 Å². The Balaban J connectivity index is 2.08. The zero-order chi connectivity index (χ0) is 18.4. The largest absolute Gasteiger partial charge is 0.468 e. The molecule has 1 aromatic heterocycles. The Kier molecular flexibility index (Phi) is 6.39. The summed E-state index contributed by atoms with van der Waals surface area (Å²) in [6.07, 6.45) is 2.76. The molecule has 2 rings (SSSR count). The number of carbonyl (C=O) groups excluding carboxylic acids is 1. The lowest BCUT2D eigenvalue weighted by Crippen LogP contribution is -2.37. The summed E-state index contributed by atoms with van der Waals surface area (Å²) < 4.78 is 28.5. The second-order valence-corrected chi connectivity index (χ2v) is 7.77. The van der Waals surface area contributed by atoms with Crippen LogP contribution >= 0.6 is 0 Å².